The van der Waals surface area contributed by atoms with Crippen LogP contribution < -0.4 is 5.32 Å². The largest absolute Gasteiger partial charge is 0.396 e. The van der Waals surface area contributed by atoms with Gasteiger partial charge in [0.2, 0.25) is 5.28 Å². The van der Waals surface area contributed by atoms with Crippen LogP contribution in [0.2, 0.25) is 5.28 Å². The zero-order valence-electron chi connectivity index (χ0n) is 7.20. The van der Waals surface area contributed by atoms with Gasteiger partial charge in [0, 0.05) is 19.3 Å². The summed E-state index contributed by atoms with van der Waals surface area (Å²) in [5.74, 6) is 0.720. The summed E-state index contributed by atoms with van der Waals surface area (Å²) in [7, 11) is 0. The van der Waals surface area contributed by atoms with Crippen molar-refractivity contribution in [2.75, 3.05) is 18.5 Å². The van der Waals surface area contributed by atoms with Crippen molar-refractivity contribution in [3.8, 4) is 0 Å². The van der Waals surface area contributed by atoms with Crippen LogP contribution in [0, 0.1) is 0 Å². The molecule has 0 spiro atoms. The van der Waals surface area contributed by atoms with Crippen LogP contribution in [-0.4, -0.2) is 28.2 Å². The Hall–Kier alpha value is -0.870. The molecule has 5 heteroatoms. The molecule has 4 nitrogen and oxygen atoms in total. The zero-order chi connectivity index (χ0) is 9.52. The van der Waals surface area contributed by atoms with Gasteiger partial charge in [-0.05, 0) is 30.5 Å². The van der Waals surface area contributed by atoms with Crippen LogP contribution in [0.1, 0.15) is 12.8 Å². The molecule has 1 heterocycles. The molecule has 2 N–H and O–H groups in total. The summed E-state index contributed by atoms with van der Waals surface area (Å²) in [5, 5.41) is 11.8. The third-order valence-corrected chi connectivity index (χ3v) is 1.70. The molecule has 0 aromatic carbocycles. The molecule has 1 rings (SSSR count). The minimum absolute atomic E-state index is 0.228. The van der Waals surface area contributed by atoms with E-state index in [4.69, 9.17) is 16.7 Å². The van der Waals surface area contributed by atoms with Gasteiger partial charge in [-0.15, -0.1) is 0 Å². The smallest absolute Gasteiger partial charge is 0.224 e. The summed E-state index contributed by atoms with van der Waals surface area (Å²) in [6.07, 6.45) is 3.31. The molecule has 0 bridgehead atoms. The normalized spacial score (nSPS) is 10.0. The molecule has 72 valence electrons. The van der Waals surface area contributed by atoms with Crippen molar-refractivity contribution in [3.05, 3.63) is 17.5 Å². The summed E-state index contributed by atoms with van der Waals surface area (Å²) in [6.45, 7) is 1.01. The molecular weight excluding hydrogens is 190 g/mol. The van der Waals surface area contributed by atoms with Gasteiger partial charge in [0.15, 0.2) is 0 Å². The first-order valence-corrected chi connectivity index (χ1v) is 4.54. The third kappa shape index (κ3) is 4.05. The molecule has 1 aromatic rings. The van der Waals surface area contributed by atoms with E-state index in [0.29, 0.717) is 0 Å². The average molecular weight is 202 g/mol. The number of hydrogen-bond donors (Lipinski definition) is 2. The number of aliphatic hydroxyl groups is 1. The van der Waals surface area contributed by atoms with Crippen molar-refractivity contribution in [1.82, 2.24) is 9.97 Å². The molecule has 0 aliphatic carbocycles. The molecular formula is C8H12ClN3O. The van der Waals surface area contributed by atoms with Crippen molar-refractivity contribution in [2.24, 2.45) is 0 Å². The van der Waals surface area contributed by atoms with Gasteiger partial charge in [0.25, 0.3) is 0 Å². The molecule has 0 aliphatic heterocycles. The van der Waals surface area contributed by atoms with E-state index < -0.39 is 0 Å². The molecule has 0 amide bonds. The van der Waals surface area contributed by atoms with E-state index in [1.807, 2.05) is 0 Å². The molecule has 0 saturated carbocycles. The number of anilines is 1. The van der Waals surface area contributed by atoms with Crippen LogP contribution in [0.15, 0.2) is 12.3 Å². The topological polar surface area (TPSA) is 58.0 Å². The van der Waals surface area contributed by atoms with Crippen molar-refractivity contribution >= 4 is 17.4 Å². The highest BCUT2D eigenvalue weighted by molar-refractivity contribution is 6.28. The van der Waals surface area contributed by atoms with Crippen LogP contribution in [0.5, 0.6) is 0 Å². The van der Waals surface area contributed by atoms with Crippen LogP contribution >= 0.6 is 11.6 Å². The minimum Gasteiger partial charge on any atom is -0.396 e. The van der Waals surface area contributed by atoms with E-state index in [1.165, 1.54) is 0 Å². The Bertz CT molecular complexity index is 257. The molecule has 0 saturated heterocycles. The van der Waals surface area contributed by atoms with E-state index in [1.54, 1.807) is 12.3 Å². The molecule has 1 aromatic heterocycles. The summed E-state index contributed by atoms with van der Waals surface area (Å²) >= 11 is 5.58. The van der Waals surface area contributed by atoms with Gasteiger partial charge in [-0.1, -0.05) is 0 Å². The van der Waals surface area contributed by atoms with Gasteiger partial charge in [-0.3, -0.25) is 0 Å². The van der Waals surface area contributed by atoms with Crippen LogP contribution in [0.4, 0.5) is 5.82 Å². The second-order valence-corrected chi connectivity index (χ2v) is 2.91. The number of halogens is 1. The number of rotatable bonds is 5. The maximum Gasteiger partial charge on any atom is 0.224 e. The standard InChI is InChI=1S/C8H12ClN3O/c9-8-11-5-3-7(12-8)10-4-1-2-6-13/h3,5,13H,1-2,4,6H2,(H,10,11,12). The van der Waals surface area contributed by atoms with Gasteiger partial charge in [-0.2, -0.15) is 0 Å². The lowest BCUT2D eigenvalue weighted by atomic mass is 10.3. The first-order valence-electron chi connectivity index (χ1n) is 4.16. The van der Waals surface area contributed by atoms with Crippen LogP contribution in [-0.2, 0) is 0 Å². The minimum atomic E-state index is 0.228. The second-order valence-electron chi connectivity index (χ2n) is 2.57. The fraction of sp³-hybridized carbons (Fsp3) is 0.500. The number of nitrogens with one attached hydrogen (secondary N) is 1. The Labute approximate surface area is 82.0 Å². The molecule has 13 heavy (non-hydrogen) atoms. The van der Waals surface area contributed by atoms with Gasteiger partial charge < -0.3 is 10.4 Å². The highest BCUT2D eigenvalue weighted by Gasteiger charge is 1.94. The van der Waals surface area contributed by atoms with Gasteiger partial charge in [-0.25, -0.2) is 9.97 Å². The van der Waals surface area contributed by atoms with Crippen molar-refractivity contribution in [1.29, 1.82) is 0 Å². The van der Waals surface area contributed by atoms with Gasteiger partial charge >= 0.3 is 0 Å². The Morgan fingerprint density at radius 1 is 1.46 bits per heavy atom. The quantitative estimate of drug-likeness (QED) is 0.557. The Balaban J connectivity index is 2.28. The SMILES string of the molecule is OCCCCNc1ccnc(Cl)n1. The Morgan fingerprint density at radius 2 is 2.31 bits per heavy atom. The molecule has 0 atom stereocenters. The lowest BCUT2D eigenvalue weighted by molar-refractivity contribution is 0.286. The van der Waals surface area contributed by atoms with Crippen molar-refractivity contribution < 1.29 is 5.11 Å². The number of hydrogen-bond acceptors (Lipinski definition) is 4. The Morgan fingerprint density at radius 3 is 3.00 bits per heavy atom. The van der Waals surface area contributed by atoms with E-state index in [2.05, 4.69) is 15.3 Å². The van der Waals surface area contributed by atoms with Crippen molar-refractivity contribution in [3.63, 3.8) is 0 Å². The lowest BCUT2D eigenvalue weighted by Crippen LogP contribution is -2.04. The van der Waals surface area contributed by atoms with Gasteiger partial charge in [0.05, 0.1) is 0 Å². The highest BCUT2D eigenvalue weighted by atomic mass is 35.5. The second kappa shape index (κ2) is 5.72. The van der Waals surface area contributed by atoms with Crippen LogP contribution in [0.3, 0.4) is 0 Å². The molecule has 0 radical (unpaired) electrons. The van der Waals surface area contributed by atoms with E-state index in [9.17, 15) is 0 Å². The molecule has 0 unspecified atom stereocenters. The summed E-state index contributed by atoms with van der Waals surface area (Å²) < 4.78 is 0. The number of nitrogens with zero attached hydrogens (tertiary/aromatic N) is 2. The zero-order valence-corrected chi connectivity index (χ0v) is 7.96. The van der Waals surface area contributed by atoms with E-state index in [0.717, 1.165) is 25.2 Å². The molecule has 0 fully saturated rings. The van der Waals surface area contributed by atoms with Crippen molar-refractivity contribution in [2.45, 2.75) is 12.8 Å². The third-order valence-electron chi connectivity index (χ3n) is 1.52. The first kappa shape index (κ1) is 10.2. The first-order chi connectivity index (χ1) is 6.33. The predicted molar refractivity (Wildman–Crippen MR) is 51.9 cm³/mol. The summed E-state index contributed by atoms with van der Waals surface area (Å²) in [5.41, 5.74) is 0. The molecule has 0 aliphatic rings. The lowest BCUT2D eigenvalue weighted by Gasteiger charge is -2.03. The fourth-order valence-corrected chi connectivity index (χ4v) is 1.03. The number of aromatic nitrogens is 2. The summed E-state index contributed by atoms with van der Waals surface area (Å²) in [4.78, 5) is 7.71. The fourth-order valence-electron chi connectivity index (χ4n) is 0.887. The monoisotopic (exact) mass is 201 g/mol. The van der Waals surface area contributed by atoms with E-state index in [-0.39, 0.29) is 11.9 Å². The predicted octanol–water partition coefficient (Wildman–Crippen LogP) is 1.31. The maximum atomic E-state index is 8.53. The number of unbranched alkanes of at least 4 members (excludes halogenated alkanes) is 1. The average Bonchev–Trinajstić information content (AvgIpc) is 2.13. The van der Waals surface area contributed by atoms with E-state index >= 15 is 0 Å². The summed E-state index contributed by atoms with van der Waals surface area (Å²) in [6, 6.07) is 1.75. The van der Waals surface area contributed by atoms with Gasteiger partial charge in [0.1, 0.15) is 5.82 Å². The highest BCUT2D eigenvalue weighted by Crippen LogP contribution is 2.05. The Kier molecular flexibility index (Phi) is 4.49. The number of aliphatic hydroxyl groups excluding tert-OH is 1. The van der Waals surface area contributed by atoms with Crippen LogP contribution in [0.25, 0.3) is 0 Å². The maximum absolute atomic E-state index is 8.53.